The van der Waals surface area contributed by atoms with Crippen molar-refractivity contribution < 1.29 is 4.74 Å². The number of thiocarbonyl (C=S) groups is 1. The third-order valence-electron chi connectivity index (χ3n) is 3.98. The molecule has 1 atom stereocenters. The molecular formula is C18H22N4OS. The first-order valence-corrected chi connectivity index (χ1v) is 8.64. The highest BCUT2D eigenvalue weighted by Crippen LogP contribution is 2.12. The zero-order valence-electron chi connectivity index (χ0n) is 13.6. The predicted octanol–water partition coefficient (Wildman–Crippen LogP) is 2.53. The summed E-state index contributed by atoms with van der Waals surface area (Å²) in [5.74, 6) is 0. The van der Waals surface area contributed by atoms with Gasteiger partial charge in [-0.05, 0) is 48.3 Å². The van der Waals surface area contributed by atoms with E-state index in [1.807, 2.05) is 24.5 Å². The maximum absolute atomic E-state index is 5.66. The maximum Gasteiger partial charge on any atom is 0.169 e. The number of nitrogens with zero attached hydrogens (tertiary/aromatic N) is 3. The number of nitrogens with one attached hydrogen (secondary N) is 1. The SMILES string of the molecule is S=C(NC[C@@H]1CCCO1)N(Cc1cccnc1)Cc1cccnc1. The van der Waals surface area contributed by atoms with Crippen LogP contribution in [0, 0.1) is 0 Å². The van der Waals surface area contributed by atoms with Crippen molar-refractivity contribution in [3.05, 3.63) is 60.2 Å². The van der Waals surface area contributed by atoms with E-state index < -0.39 is 0 Å². The Morgan fingerprint density at radius 2 is 1.83 bits per heavy atom. The molecule has 0 amide bonds. The molecule has 0 radical (unpaired) electrons. The van der Waals surface area contributed by atoms with E-state index in [1.165, 1.54) is 0 Å². The van der Waals surface area contributed by atoms with Gasteiger partial charge in [-0.25, -0.2) is 0 Å². The van der Waals surface area contributed by atoms with E-state index >= 15 is 0 Å². The molecule has 0 aliphatic carbocycles. The summed E-state index contributed by atoms with van der Waals surface area (Å²) in [7, 11) is 0. The predicted molar refractivity (Wildman–Crippen MR) is 97.3 cm³/mol. The van der Waals surface area contributed by atoms with Crippen LogP contribution in [0.15, 0.2) is 49.1 Å². The van der Waals surface area contributed by atoms with Crippen molar-refractivity contribution in [2.24, 2.45) is 0 Å². The molecule has 1 fully saturated rings. The van der Waals surface area contributed by atoms with Crippen LogP contribution in [0.3, 0.4) is 0 Å². The van der Waals surface area contributed by atoms with E-state index in [1.54, 1.807) is 12.4 Å². The van der Waals surface area contributed by atoms with Crippen molar-refractivity contribution in [3.63, 3.8) is 0 Å². The number of pyridine rings is 2. The molecule has 5 nitrogen and oxygen atoms in total. The van der Waals surface area contributed by atoms with Crippen LogP contribution in [0.1, 0.15) is 24.0 Å². The Hall–Kier alpha value is -2.05. The molecule has 6 heteroatoms. The Balaban J connectivity index is 1.64. The molecule has 0 spiro atoms. The van der Waals surface area contributed by atoms with Gasteiger partial charge in [-0.2, -0.15) is 0 Å². The zero-order chi connectivity index (χ0) is 16.6. The van der Waals surface area contributed by atoms with Gasteiger partial charge in [-0.15, -0.1) is 0 Å². The van der Waals surface area contributed by atoms with Crippen LogP contribution in [0.2, 0.25) is 0 Å². The highest BCUT2D eigenvalue weighted by atomic mass is 32.1. The van der Waals surface area contributed by atoms with Crippen LogP contribution in [0.5, 0.6) is 0 Å². The molecule has 126 valence electrons. The Morgan fingerprint density at radius 1 is 1.17 bits per heavy atom. The number of hydrogen-bond acceptors (Lipinski definition) is 4. The standard InChI is InChI=1S/C18H22N4OS/c24-18(21-12-17-6-3-9-23-17)22(13-15-4-1-7-19-10-15)14-16-5-2-8-20-11-16/h1-2,4-5,7-8,10-11,17H,3,6,9,12-14H2,(H,21,24)/t17-/m0/s1. The summed E-state index contributed by atoms with van der Waals surface area (Å²) in [6.45, 7) is 3.03. The molecule has 1 saturated heterocycles. The van der Waals surface area contributed by atoms with Crippen LogP contribution in [-0.2, 0) is 17.8 Å². The molecule has 0 saturated carbocycles. The zero-order valence-corrected chi connectivity index (χ0v) is 14.4. The lowest BCUT2D eigenvalue weighted by Crippen LogP contribution is -2.42. The first-order chi connectivity index (χ1) is 11.8. The summed E-state index contributed by atoms with van der Waals surface area (Å²) < 4.78 is 5.66. The molecule has 1 N–H and O–H groups in total. The molecule has 3 heterocycles. The van der Waals surface area contributed by atoms with Gasteiger partial charge in [0.05, 0.1) is 6.10 Å². The summed E-state index contributed by atoms with van der Waals surface area (Å²) in [5.41, 5.74) is 2.25. The molecule has 0 aromatic carbocycles. The van der Waals surface area contributed by atoms with Crippen molar-refractivity contribution in [2.45, 2.75) is 32.0 Å². The lowest BCUT2D eigenvalue weighted by atomic mass is 10.2. The first-order valence-electron chi connectivity index (χ1n) is 8.23. The Kier molecular flexibility index (Phi) is 6.09. The van der Waals surface area contributed by atoms with Crippen molar-refractivity contribution >= 4 is 17.3 Å². The van der Waals surface area contributed by atoms with Crippen LogP contribution in [0.25, 0.3) is 0 Å². The fourth-order valence-corrected chi connectivity index (χ4v) is 2.95. The highest BCUT2D eigenvalue weighted by molar-refractivity contribution is 7.80. The minimum absolute atomic E-state index is 0.265. The molecule has 24 heavy (non-hydrogen) atoms. The molecule has 3 rings (SSSR count). The van der Waals surface area contributed by atoms with Gasteiger partial charge >= 0.3 is 0 Å². The number of ether oxygens (including phenoxy) is 1. The second kappa shape index (κ2) is 8.70. The molecule has 0 unspecified atom stereocenters. The summed E-state index contributed by atoms with van der Waals surface area (Å²) >= 11 is 5.63. The maximum atomic E-state index is 5.66. The van der Waals surface area contributed by atoms with E-state index in [0.717, 1.165) is 42.2 Å². The van der Waals surface area contributed by atoms with E-state index in [9.17, 15) is 0 Å². The van der Waals surface area contributed by atoms with Crippen molar-refractivity contribution in [3.8, 4) is 0 Å². The smallest absolute Gasteiger partial charge is 0.169 e. The average Bonchev–Trinajstić information content (AvgIpc) is 3.14. The second-order valence-electron chi connectivity index (χ2n) is 5.90. The summed E-state index contributed by atoms with van der Waals surface area (Å²) in [4.78, 5) is 10.5. The van der Waals surface area contributed by atoms with Gasteiger partial charge in [0.15, 0.2) is 5.11 Å². The fourth-order valence-electron chi connectivity index (χ4n) is 2.74. The molecular weight excluding hydrogens is 320 g/mol. The topological polar surface area (TPSA) is 50.3 Å². The van der Waals surface area contributed by atoms with Crippen LogP contribution in [0.4, 0.5) is 0 Å². The Bertz CT molecular complexity index is 590. The first kappa shape index (κ1) is 16.8. The lowest BCUT2D eigenvalue weighted by Gasteiger charge is -2.26. The van der Waals surface area contributed by atoms with Gasteiger partial charge < -0.3 is 15.0 Å². The second-order valence-corrected chi connectivity index (χ2v) is 6.29. The van der Waals surface area contributed by atoms with Crippen LogP contribution < -0.4 is 5.32 Å². The largest absolute Gasteiger partial charge is 0.376 e. The van der Waals surface area contributed by atoms with E-state index in [2.05, 4.69) is 32.3 Å². The lowest BCUT2D eigenvalue weighted by molar-refractivity contribution is 0.113. The van der Waals surface area contributed by atoms with E-state index in [-0.39, 0.29) is 6.10 Å². The Labute approximate surface area is 148 Å². The third kappa shape index (κ3) is 4.97. The number of aromatic nitrogens is 2. The monoisotopic (exact) mass is 342 g/mol. The quantitative estimate of drug-likeness (QED) is 0.814. The van der Waals surface area contributed by atoms with Gasteiger partial charge in [0, 0.05) is 51.0 Å². The van der Waals surface area contributed by atoms with Gasteiger partial charge in [-0.3, -0.25) is 9.97 Å². The van der Waals surface area contributed by atoms with Gasteiger partial charge in [0.25, 0.3) is 0 Å². The van der Waals surface area contributed by atoms with Crippen LogP contribution >= 0.6 is 12.2 Å². The van der Waals surface area contributed by atoms with E-state index in [4.69, 9.17) is 17.0 Å². The number of hydrogen-bond donors (Lipinski definition) is 1. The Morgan fingerprint density at radius 3 is 2.33 bits per heavy atom. The minimum Gasteiger partial charge on any atom is -0.376 e. The number of rotatable bonds is 6. The van der Waals surface area contributed by atoms with Gasteiger partial charge in [0.2, 0.25) is 0 Å². The van der Waals surface area contributed by atoms with Crippen molar-refractivity contribution in [1.29, 1.82) is 0 Å². The van der Waals surface area contributed by atoms with Crippen molar-refractivity contribution in [1.82, 2.24) is 20.2 Å². The third-order valence-corrected chi connectivity index (χ3v) is 4.39. The fraction of sp³-hybridized carbons (Fsp3) is 0.389. The molecule has 2 aromatic rings. The molecule has 1 aliphatic heterocycles. The van der Waals surface area contributed by atoms with Gasteiger partial charge in [-0.1, -0.05) is 12.1 Å². The van der Waals surface area contributed by atoms with Crippen LogP contribution in [-0.4, -0.2) is 39.2 Å². The highest BCUT2D eigenvalue weighted by Gasteiger charge is 2.17. The summed E-state index contributed by atoms with van der Waals surface area (Å²) in [6, 6.07) is 8.01. The van der Waals surface area contributed by atoms with Gasteiger partial charge in [0.1, 0.15) is 0 Å². The molecule has 2 aromatic heterocycles. The molecule has 0 bridgehead atoms. The normalized spacial score (nSPS) is 16.8. The van der Waals surface area contributed by atoms with Crippen molar-refractivity contribution in [2.75, 3.05) is 13.2 Å². The average molecular weight is 342 g/mol. The minimum atomic E-state index is 0.265. The summed E-state index contributed by atoms with van der Waals surface area (Å²) in [5, 5.41) is 4.09. The van der Waals surface area contributed by atoms with E-state index in [0.29, 0.717) is 13.1 Å². The molecule has 1 aliphatic rings. The summed E-state index contributed by atoms with van der Waals surface area (Å²) in [6.07, 6.45) is 9.81.